The highest BCUT2D eigenvalue weighted by atomic mass is 32.1. The predicted octanol–water partition coefficient (Wildman–Crippen LogP) is 3.23. The number of thiophene rings is 1. The summed E-state index contributed by atoms with van der Waals surface area (Å²) in [7, 11) is 0. The SMILES string of the molecule is CC[C@@H]1c2ccsc2CCN1C(=O)CCN1C(=O)NC2(CCCCC2)C1=O. The van der Waals surface area contributed by atoms with E-state index in [-0.39, 0.29) is 36.9 Å². The Kier molecular flexibility index (Phi) is 4.97. The third-order valence-corrected chi connectivity index (χ3v) is 7.30. The summed E-state index contributed by atoms with van der Waals surface area (Å²) in [5.41, 5.74) is 0.555. The summed E-state index contributed by atoms with van der Waals surface area (Å²) in [6.45, 7) is 2.99. The Morgan fingerprint density at radius 3 is 2.81 bits per heavy atom. The van der Waals surface area contributed by atoms with E-state index in [0.29, 0.717) is 12.8 Å². The number of nitrogens with one attached hydrogen (secondary N) is 1. The summed E-state index contributed by atoms with van der Waals surface area (Å²) >= 11 is 1.76. The van der Waals surface area contributed by atoms with Crippen molar-refractivity contribution in [1.82, 2.24) is 15.1 Å². The Hall–Kier alpha value is -1.89. The van der Waals surface area contributed by atoms with Gasteiger partial charge in [0.25, 0.3) is 5.91 Å². The minimum atomic E-state index is -0.707. The lowest BCUT2D eigenvalue weighted by molar-refractivity contribution is -0.136. The van der Waals surface area contributed by atoms with Crippen LogP contribution in [0.25, 0.3) is 0 Å². The summed E-state index contributed by atoms with van der Waals surface area (Å²) in [4.78, 5) is 42.7. The number of nitrogens with zero attached hydrogens (tertiary/aromatic N) is 2. The molecule has 3 heterocycles. The summed E-state index contributed by atoms with van der Waals surface area (Å²) < 4.78 is 0. The summed E-state index contributed by atoms with van der Waals surface area (Å²) in [5, 5.41) is 5.01. The Bertz CT molecular complexity index is 753. The highest BCUT2D eigenvalue weighted by Gasteiger charge is 2.51. The maximum absolute atomic E-state index is 12.9. The topological polar surface area (TPSA) is 69.7 Å². The first-order chi connectivity index (χ1) is 13.1. The number of rotatable bonds is 4. The van der Waals surface area contributed by atoms with Crippen molar-refractivity contribution in [2.75, 3.05) is 13.1 Å². The average Bonchev–Trinajstić information content (AvgIpc) is 3.23. The molecular weight excluding hydrogens is 362 g/mol. The van der Waals surface area contributed by atoms with Crippen LogP contribution in [0.5, 0.6) is 0 Å². The van der Waals surface area contributed by atoms with E-state index in [9.17, 15) is 14.4 Å². The lowest BCUT2D eigenvalue weighted by Crippen LogP contribution is -2.48. The number of imide groups is 1. The molecule has 1 N–H and O–H groups in total. The zero-order chi connectivity index (χ0) is 19.0. The van der Waals surface area contributed by atoms with Gasteiger partial charge in [0, 0.05) is 24.4 Å². The van der Waals surface area contributed by atoms with Crippen molar-refractivity contribution in [1.29, 1.82) is 0 Å². The molecule has 0 aromatic carbocycles. The van der Waals surface area contributed by atoms with Gasteiger partial charge < -0.3 is 10.2 Å². The molecule has 1 aromatic rings. The minimum absolute atomic E-state index is 0.0314. The third-order valence-electron chi connectivity index (χ3n) is 6.30. The quantitative estimate of drug-likeness (QED) is 0.804. The molecule has 0 radical (unpaired) electrons. The number of carbonyl (C=O) groups excluding carboxylic acids is 3. The maximum Gasteiger partial charge on any atom is 0.325 e. The van der Waals surface area contributed by atoms with Crippen LogP contribution in [0, 0.1) is 0 Å². The van der Waals surface area contributed by atoms with Crippen molar-refractivity contribution < 1.29 is 14.4 Å². The number of urea groups is 1. The minimum Gasteiger partial charge on any atom is -0.335 e. The van der Waals surface area contributed by atoms with Gasteiger partial charge in [-0.3, -0.25) is 14.5 Å². The highest BCUT2D eigenvalue weighted by Crippen LogP contribution is 2.36. The van der Waals surface area contributed by atoms with Gasteiger partial charge in [0.05, 0.1) is 6.04 Å². The van der Waals surface area contributed by atoms with Crippen molar-refractivity contribution >= 4 is 29.2 Å². The molecule has 1 saturated heterocycles. The molecule has 2 fully saturated rings. The fourth-order valence-electron chi connectivity index (χ4n) is 4.86. The molecule has 27 heavy (non-hydrogen) atoms. The second kappa shape index (κ2) is 7.26. The molecule has 1 aromatic heterocycles. The zero-order valence-electron chi connectivity index (χ0n) is 15.8. The lowest BCUT2D eigenvalue weighted by Gasteiger charge is -2.36. The molecule has 1 atom stereocenters. The van der Waals surface area contributed by atoms with Gasteiger partial charge >= 0.3 is 6.03 Å². The van der Waals surface area contributed by atoms with Crippen LogP contribution in [0.3, 0.4) is 0 Å². The highest BCUT2D eigenvalue weighted by molar-refractivity contribution is 7.10. The number of fused-ring (bicyclic) bond motifs is 1. The van der Waals surface area contributed by atoms with Crippen LogP contribution < -0.4 is 5.32 Å². The van der Waals surface area contributed by atoms with Crippen molar-refractivity contribution in [3.05, 3.63) is 21.9 Å². The van der Waals surface area contributed by atoms with Crippen molar-refractivity contribution in [2.24, 2.45) is 0 Å². The molecule has 0 bridgehead atoms. The van der Waals surface area contributed by atoms with E-state index in [1.54, 1.807) is 11.3 Å². The monoisotopic (exact) mass is 389 g/mol. The fourth-order valence-corrected chi connectivity index (χ4v) is 5.79. The van der Waals surface area contributed by atoms with Crippen LogP contribution in [0.15, 0.2) is 11.4 Å². The predicted molar refractivity (Wildman–Crippen MR) is 103 cm³/mol. The average molecular weight is 390 g/mol. The first kappa shape index (κ1) is 18.5. The van der Waals surface area contributed by atoms with E-state index in [0.717, 1.165) is 38.6 Å². The molecule has 4 amide bonds. The number of carbonyl (C=O) groups is 3. The van der Waals surface area contributed by atoms with Crippen LogP contribution in [0.1, 0.15) is 68.4 Å². The molecule has 3 aliphatic rings. The standard InChI is InChI=1S/C20H27N3O3S/c1-2-15-14-8-13-27-16(14)6-11-22(15)17(24)7-12-23-18(25)20(21-19(23)26)9-4-3-5-10-20/h8,13,15H,2-7,9-12H2,1H3,(H,21,26)/t15-/m1/s1. The van der Waals surface area contributed by atoms with Gasteiger partial charge in [0.2, 0.25) is 5.91 Å². The maximum atomic E-state index is 12.9. The zero-order valence-corrected chi connectivity index (χ0v) is 16.6. The molecule has 2 aliphatic heterocycles. The second-order valence-electron chi connectivity index (χ2n) is 7.84. The lowest BCUT2D eigenvalue weighted by atomic mass is 9.82. The van der Waals surface area contributed by atoms with Crippen molar-refractivity contribution in [3.8, 4) is 0 Å². The molecule has 0 unspecified atom stereocenters. The molecule has 1 spiro atoms. The van der Waals surface area contributed by atoms with E-state index in [1.807, 2.05) is 4.90 Å². The van der Waals surface area contributed by atoms with Crippen LogP contribution in [0.4, 0.5) is 4.79 Å². The van der Waals surface area contributed by atoms with Crippen molar-refractivity contribution in [2.45, 2.75) is 69.9 Å². The van der Waals surface area contributed by atoms with Gasteiger partial charge in [-0.25, -0.2) is 4.79 Å². The number of amides is 4. The van der Waals surface area contributed by atoms with Crippen LogP contribution >= 0.6 is 11.3 Å². The Morgan fingerprint density at radius 2 is 2.07 bits per heavy atom. The summed E-state index contributed by atoms with van der Waals surface area (Å²) in [6.07, 6.45) is 6.44. The molecule has 1 saturated carbocycles. The summed E-state index contributed by atoms with van der Waals surface area (Å²) in [6, 6.07) is 1.90. The molecule has 7 heteroatoms. The Balaban J connectivity index is 1.41. The Labute approximate surface area is 163 Å². The van der Waals surface area contributed by atoms with E-state index in [2.05, 4.69) is 23.7 Å². The number of hydrogen-bond acceptors (Lipinski definition) is 4. The van der Waals surface area contributed by atoms with Crippen LogP contribution in [-0.4, -0.2) is 46.3 Å². The van der Waals surface area contributed by atoms with Gasteiger partial charge in [0.15, 0.2) is 0 Å². The molecule has 1 aliphatic carbocycles. The largest absolute Gasteiger partial charge is 0.335 e. The van der Waals surface area contributed by atoms with Crippen LogP contribution in [0.2, 0.25) is 0 Å². The van der Waals surface area contributed by atoms with Gasteiger partial charge in [-0.05, 0) is 42.7 Å². The van der Waals surface area contributed by atoms with E-state index in [4.69, 9.17) is 0 Å². The molecular formula is C20H27N3O3S. The first-order valence-electron chi connectivity index (χ1n) is 10.1. The molecule has 6 nitrogen and oxygen atoms in total. The first-order valence-corrected chi connectivity index (χ1v) is 10.9. The van der Waals surface area contributed by atoms with Crippen LogP contribution in [-0.2, 0) is 16.0 Å². The van der Waals surface area contributed by atoms with Gasteiger partial charge in [0.1, 0.15) is 5.54 Å². The van der Waals surface area contributed by atoms with Gasteiger partial charge in [-0.2, -0.15) is 0 Å². The second-order valence-corrected chi connectivity index (χ2v) is 8.84. The summed E-state index contributed by atoms with van der Waals surface area (Å²) in [5.74, 6) is -0.102. The number of hydrogen-bond donors (Lipinski definition) is 1. The Morgan fingerprint density at radius 1 is 1.30 bits per heavy atom. The van der Waals surface area contributed by atoms with E-state index in [1.165, 1.54) is 15.3 Å². The molecule has 4 rings (SSSR count). The fraction of sp³-hybridized carbons (Fsp3) is 0.650. The van der Waals surface area contributed by atoms with Gasteiger partial charge in [-0.15, -0.1) is 11.3 Å². The smallest absolute Gasteiger partial charge is 0.325 e. The molecule has 146 valence electrons. The van der Waals surface area contributed by atoms with Crippen molar-refractivity contribution in [3.63, 3.8) is 0 Å². The normalized spacial score (nSPS) is 24.3. The van der Waals surface area contributed by atoms with E-state index >= 15 is 0 Å². The van der Waals surface area contributed by atoms with E-state index < -0.39 is 5.54 Å². The third kappa shape index (κ3) is 3.16. The van der Waals surface area contributed by atoms with Gasteiger partial charge in [-0.1, -0.05) is 26.2 Å².